The van der Waals surface area contributed by atoms with Crippen molar-refractivity contribution >= 4 is 34.6 Å². The number of benzene rings is 2. The van der Waals surface area contributed by atoms with E-state index in [1.54, 1.807) is 28.8 Å². The van der Waals surface area contributed by atoms with Gasteiger partial charge in [-0.1, -0.05) is 48.5 Å². The van der Waals surface area contributed by atoms with Gasteiger partial charge in [0.05, 0.1) is 24.7 Å². The molecule has 0 saturated carbocycles. The molecule has 1 saturated heterocycles. The summed E-state index contributed by atoms with van der Waals surface area (Å²) in [7, 11) is 0. The largest absolute Gasteiger partial charge is 0.394 e. The van der Waals surface area contributed by atoms with Gasteiger partial charge in [0.2, 0.25) is 0 Å². The molecule has 0 bridgehead atoms. The number of carbonyl (C=O) groups is 2. The van der Waals surface area contributed by atoms with Gasteiger partial charge >= 0.3 is 6.03 Å². The Morgan fingerprint density at radius 3 is 2.44 bits per heavy atom. The lowest BCUT2D eigenvalue weighted by atomic mass is 10.0. The minimum absolute atomic E-state index is 0.0366. The molecule has 2 aromatic carbocycles. The van der Waals surface area contributed by atoms with E-state index in [4.69, 9.17) is 10.5 Å². The van der Waals surface area contributed by atoms with Crippen molar-refractivity contribution in [2.75, 3.05) is 23.8 Å². The van der Waals surface area contributed by atoms with E-state index >= 15 is 0 Å². The number of para-hydroxylation sites is 1. The van der Waals surface area contributed by atoms with Crippen LogP contribution < -0.4 is 10.6 Å². The van der Waals surface area contributed by atoms with Gasteiger partial charge in [-0.2, -0.15) is 0 Å². The van der Waals surface area contributed by atoms with Crippen LogP contribution in [0.4, 0.5) is 16.3 Å². The van der Waals surface area contributed by atoms with Crippen LogP contribution in [0.1, 0.15) is 12.0 Å². The Labute approximate surface area is 224 Å². The number of imide groups is 1. The highest BCUT2D eigenvalue weighted by Crippen LogP contribution is 2.28. The monoisotopic (exact) mass is 531 g/mol. The third-order valence-corrected chi connectivity index (χ3v) is 6.73. The van der Waals surface area contributed by atoms with E-state index in [1.165, 1.54) is 22.5 Å². The standard InChI is InChI=1S/C27H29N7O5/c28-24-23-25(30-15-29-24)32(16-31-23)17-39-22(21(36)14-35)11-12-33-20(13-18-7-3-1-4-8-18)26(37)34(27(33)38)19-9-5-2-6-10-19/h1-10,15-16,20-22,35-36H,11-14,17H2,(H2,28,29,30)/t20?,21-,22+/m0/s1. The lowest BCUT2D eigenvalue weighted by Crippen LogP contribution is -2.41. The number of anilines is 2. The van der Waals surface area contributed by atoms with Gasteiger partial charge < -0.3 is 25.6 Å². The number of nitrogens with two attached hydrogens (primary N) is 1. The van der Waals surface area contributed by atoms with E-state index in [0.29, 0.717) is 23.3 Å². The lowest BCUT2D eigenvalue weighted by Gasteiger charge is -2.27. The van der Waals surface area contributed by atoms with Gasteiger partial charge in [-0.05, 0) is 24.1 Å². The number of aliphatic hydroxyl groups excluding tert-OH is 2. The summed E-state index contributed by atoms with van der Waals surface area (Å²) in [5, 5.41) is 20.2. The van der Waals surface area contributed by atoms with E-state index in [-0.39, 0.29) is 31.4 Å². The molecule has 5 rings (SSSR count). The molecular formula is C27H29N7O5. The van der Waals surface area contributed by atoms with Crippen LogP contribution in [0.2, 0.25) is 0 Å². The smallest absolute Gasteiger partial charge is 0.332 e. The highest BCUT2D eigenvalue weighted by atomic mass is 16.5. The van der Waals surface area contributed by atoms with Crippen molar-refractivity contribution in [1.29, 1.82) is 0 Å². The quantitative estimate of drug-likeness (QED) is 0.244. The summed E-state index contributed by atoms with van der Waals surface area (Å²) in [6.07, 6.45) is 1.25. The van der Waals surface area contributed by atoms with Crippen LogP contribution in [0, 0.1) is 0 Å². The molecule has 3 amide bonds. The van der Waals surface area contributed by atoms with Gasteiger partial charge in [-0.3, -0.25) is 9.36 Å². The highest BCUT2D eigenvalue weighted by Gasteiger charge is 2.45. The Balaban J connectivity index is 1.34. The van der Waals surface area contributed by atoms with Crippen LogP contribution in [0.3, 0.4) is 0 Å². The molecule has 1 fully saturated rings. The van der Waals surface area contributed by atoms with Crippen LogP contribution in [0.5, 0.6) is 0 Å². The Bertz CT molecular complexity index is 1430. The Morgan fingerprint density at radius 2 is 1.72 bits per heavy atom. The Morgan fingerprint density at radius 1 is 1.00 bits per heavy atom. The van der Waals surface area contributed by atoms with Crippen molar-refractivity contribution in [2.24, 2.45) is 0 Å². The zero-order chi connectivity index (χ0) is 27.4. The van der Waals surface area contributed by atoms with E-state index in [0.717, 1.165) is 5.56 Å². The third kappa shape index (κ3) is 5.43. The van der Waals surface area contributed by atoms with Crippen LogP contribution in [-0.4, -0.2) is 78.0 Å². The van der Waals surface area contributed by atoms with Crippen LogP contribution in [0.15, 0.2) is 73.3 Å². The van der Waals surface area contributed by atoms with Crippen molar-refractivity contribution in [3.8, 4) is 0 Å². The number of carbonyl (C=O) groups excluding carboxylic acids is 2. The molecule has 0 radical (unpaired) electrons. The first-order chi connectivity index (χ1) is 19.0. The molecule has 3 atom stereocenters. The molecule has 39 heavy (non-hydrogen) atoms. The van der Waals surface area contributed by atoms with Crippen molar-refractivity contribution < 1.29 is 24.5 Å². The average molecular weight is 532 g/mol. The summed E-state index contributed by atoms with van der Waals surface area (Å²) >= 11 is 0. The number of aliphatic hydroxyl groups is 2. The fourth-order valence-corrected chi connectivity index (χ4v) is 4.68. The molecule has 12 heteroatoms. The predicted molar refractivity (Wildman–Crippen MR) is 142 cm³/mol. The number of nitrogen functional groups attached to an aromatic ring is 1. The summed E-state index contributed by atoms with van der Waals surface area (Å²) in [5.74, 6) is -0.0901. The minimum Gasteiger partial charge on any atom is -0.394 e. The van der Waals surface area contributed by atoms with Crippen molar-refractivity contribution in [3.05, 3.63) is 78.9 Å². The lowest BCUT2D eigenvalue weighted by molar-refractivity contribution is -0.120. The van der Waals surface area contributed by atoms with Gasteiger partial charge in [-0.15, -0.1) is 0 Å². The fraction of sp³-hybridized carbons (Fsp3) is 0.296. The number of rotatable bonds is 11. The molecule has 4 N–H and O–H groups in total. The van der Waals surface area contributed by atoms with Crippen LogP contribution in [0.25, 0.3) is 11.2 Å². The van der Waals surface area contributed by atoms with Crippen molar-refractivity contribution in [1.82, 2.24) is 24.4 Å². The first-order valence-electron chi connectivity index (χ1n) is 12.5. The molecule has 0 spiro atoms. The number of ether oxygens (including phenoxy) is 1. The maximum atomic E-state index is 13.5. The summed E-state index contributed by atoms with van der Waals surface area (Å²) in [6, 6.07) is 17.1. The van der Waals surface area contributed by atoms with Gasteiger partial charge in [0.25, 0.3) is 5.91 Å². The number of amides is 3. The van der Waals surface area contributed by atoms with Gasteiger partial charge in [-0.25, -0.2) is 24.6 Å². The van der Waals surface area contributed by atoms with E-state index in [1.807, 2.05) is 36.4 Å². The van der Waals surface area contributed by atoms with Crippen LogP contribution in [-0.2, 0) is 22.7 Å². The van der Waals surface area contributed by atoms with E-state index < -0.39 is 30.9 Å². The van der Waals surface area contributed by atoms with Crippen LogP contribution >= 0.6 is 0 Å². The molecule has 1 unspecified atom stereocenters. The topological polar surface area (TPSA) is 160 Å². The average Bonchev–Trinajstić information content (AvgIpc) is 3.48. The first-order valence-corrected chi connectivity index (χ1v) is 12.5. The predicted octanol–water partition coefficient (Wildman–Crippen LogP) is 1.57. The fourth-order valence-electron chi connectivity index (χ4n) is 4.68. The Kier molecular flexibility index (Phi) is 7.77. The second-order valence-corrected chi connectivity index (χ2v) is 9.21. The number of imidazole rings is 1. The first kappa shape index (κ1) is 26.2. The summed E-state index contributed by atoms with van der Waals surface area (Å²) in [6.45, 7) is -0.459. The molecule has 2 aromatic heterocycles. The van der Waals surface area contributed by atoms with Crippen molar-refractivity contribution in [2.45, 2.75) is 37.8 Å². The number of urea groups is 1. The summed E-state index contributed by atoms with van der Waals surface area (Å²) < 4.78 is 7.55. The molecule has 3 heterocycles. The molecular weight excluding hydrogens is 502 g/mol. The molecule has 0 aliphatic carbocycles. The van der Waals surface area contributed by atoms with E-state index in [9.17, 15) is 19.8 Å². The van der Waals surface area contributed by atoms with E-state index in [2.05, 4.69) is 15.0 Å². The summed E-state index contributed by atoms with van der Waals surface area (Å²) in [5.41, 5.74) is 8.14. The molecule has 202 valence electrons. The molecule has 12 nitrogen and oxygen atoms in total. The normalized spacial score (nSPS) is 17.2. The van der Waals surface area contributed by atoms with Gasteiger partial charge in [0.15, 0.2) is 11.5 Å². The van der Waals surface area contributed by atoms with Gasteiger partial charge in [0, 0.05) is 13.0 Å². The maximum absolute atomic E-state index is 13.5. The minimum atomic E-state index is -1.22. The SMILES string of the molecule is Nc1ncnc2c1ncn2CO[C@H](CCN1C(=O)N(c2ccccc2)C(=O)C1Cc1ccccc1)[C@@H](O)CO. The zero-order valence-electron chi connectivity index (χ0n) is 21.1. The number of hydrogen-bond donors (Lipinski definition) is 3. The summed E-state index contributed by atoms with van der Waals surface area (Å²) in [4.78, 5) is 42.0. The third-order valence-electron chi connectivity index (χ3n) is 6.73. The number of aromatic nitrogens is 4. The molecule has 4 aromatic rings. The van der Waals surface area contributed by atoms with Gasteiger partial charge in [0.1, 0.15) is 30.7 Å². The zero-order valence-corrected chi connectivity index (χ0v) is 21.1. The second kappa shape index (κ2) is 11.6. The number of fused-ring (bicyclic) bond motifs is 1. The second-order valence-electron chi connectivity index (χ2n) is 9.21. The highest BCUT2D eigenvalue weighted by molar-refractivity contribution is 6.21. The Hall–Kier alpha value is -4.39. The van der Waals surface area contributed by atoms with Crippen molar-refractivity contribution in [3.63, 3.8) is 0 Å². The number of hydrogen-bond acceptors (Lipinski definition) is 9. The molecule has 1 aliphatic heterocycles. The number of nitrogens with zero attached hydrogens (tertiary/aromatic N) is 6. The molecule has 1 aliphatic rings. The maximum Gasteiger partial charge on any atom is 0.332 e.